The molecule has 0 aliphatic rings. The maximum Gasteiger partial charge on any atom is 0.249 e. The number of aromatic hydroxyl groups is 2. The molecule has 1 atom stereocenters. The standard InChI is InChI=1S/C17H17Br2NO4/c18-12-7-10(1-3-14(12)21)5-6-20-17(24)16(23)9-11-2-4-15(22)13(19)8-11/h1-4,7-8,16,21-23H,5-6,9H2,(H,20,24)/t16-/m0/s1. The lowest BCUT2D eigenvalue weighted by Crippen LogP contribution is -2.37. The normalized spacial score (nSPS) is 12.0. The van der Waals surface area contributed by atoms with E-state index in [1.54, 1.807) is 30.3 Å². The van der Waals surface area contributed by atoms with Crippen LogP contribution >= 0.6 is 31.9 Å². The summed E-state index contributed by atoms with van der Waals surface area (Å²) in [6, 6.07) is 9.97. The molecule has 0 heterocycles. The Morgan fingerprint density at radius 1 is 1.00 bits per heavy atom. The number of hydrogen-bond donors (Lipinski definition) is 4. The summed E-state index contributed by atoms with van der Waals surface area (Å²) in [6.07, 6.45) is -0.412. The van der Waals surface area contributed by atoms with Gasteiger partial charge in [0.25, 0.3) is 0 Å². The van der Waals surface area contributed by atoms with Crippen LogP contribution in [0.1, 0.15) is 11.1 Å². The first-order valence-corrected chi connectivity index (χ1v) is 8.86. The predicted octanol–water partition coefficient (Wildman–Crippen LogP) is 2.89. The van der Waals surface area contributed by atoms with Gasteiger partial charge in [-0.2, -0.15) is 0 Å². The molecule has 0 spiro atoms. The molecule has 5 nitrogen and oxygen atoms in total. The average Bonchev–Trinajstić information content (AvgIpc) is 2.54. The summed E-state index contributed by atoms with van der Waals surface area (Å²) in [5.74, 6) is -0.173. The molecule has 0 aliphatic heterocycles. The van der Waals surface area contributed by atoms with Crippen LogP contribution in [0.5, 0.6) is 11.5 Å². The molecule has 0 saturated heterocycles. The first kappa shape index (κ1) is 18.8. The number of aliphatic hydroxyl groups excluding tert-OH is 1. The van der Waals surface area contributed by atoms with Crippen molar-refractivity contribution in [3.8, 4) is 11.5 Å². The molecule has 2 aromatic carbocycles. The predicted molar refractivity (Wildman–Crippen MR) is 98.0 cm³/mol. The number of halogens is 2. The van der Waals surface area contributed by atoms with Gasteiger partial charge in [-0.1, -0.05) is 12.1 Å². The van der Waals surface area contributed by atoms with Gasteiger partial charge in [0.1, 0.15) is 17.6 Å². The van der Waals surface area contributed by atoms with Gasteiger partial charge in [0.05, 0.1) is 8.95 Å². The van der Waals surface area contributed by atoms with E-state index in [1.165, 1.54) is 6.07 Å². The van der Waals surface area contributed by atoms with Gasteiger partial charge in [-0.3, -0.25) is 4.79 Å². The molecule has 0 unspecified atom stereocenters. The van der Waals surface area contributed by atoms with E-state index in [0.29, 0.717) is 21.9 Å². The Kier molecular flexibility index (Phi) is 6.65. The first-order valence-electron chi connectivity index (χ1n) is 7.27. The number of carbonyl (C=O) groups excluding carboxylic acids is 1. The molecule has 0 saturated carbocycles. The van der Waals surface area contributed by atoms with Crippen molar-refractivity contribution in [1.29, 1.82) is 0 Å². The Morgan fingerprint density at radius 3 is 2.12 bits per heavy atom. The van der Waals surface area contributed by atoms with E-state index < -0.39 is 12.0 Å². The summed E-state index contributed by atoms with van der Waals surface area (Å²) in [5, 5.41) is 31.5. The summed E-state index contributed by atoms with van der Waals surface area (Å²) in [4.78, 5) is 11.9. The number of nitrogens with one attached hydrogen (secondary N) is 1. The van der Waals surface area contributed by atoms with Crippen LogP contribution in [-0.4, -0.2) is 33.9 Å². The van der Waals surface area contributed by atoms with E-state index in [2.05, 4.69) is 37.2 Å². The van der Waals surface area contributed by atoms with E-state index in [-0.39, 0.29) is 17.9 Å². The minimum Gasteiger partial charge on any atom is -0.507 e. The van der Waals surface area contributed by atoms with Gasteiger partial charge >= 0.3 is 0 Å². The average molecular weight is 459 g/mol. The molecule has 1 amide bonds. The highest BCUT2D eigenvalue weighted by Crippen LogP contribution is 2.25. The van der Waals surface area contributed by atoms with Gasteiger partial charge in [0.15, 0.2) is 0 Å². The molecule has 0 bridgehead atoms. The topological polar surface area (TPSA) is 89.8 Å². The fourth-order valence-corrected chi connectivity index (χ4v) is 3.00. The number of benzene rings is 2. The Labute approximate surface area is 156 Å². The molecule has 0 fully saturated rings. The third-order valence-corrected chi connectivity index (χ3v) is 4.74. The third kappa shape index (κ3) is 5.22. The van der Waals surface area contributed by atoms with E-state index in [1.807, 2.05) is 0 Å². The van der Waals surface area contributed by atoms with Crippen LogP contribution in [0.2, 0.25) is 0 Å². The fourth-order valence-electron chi connectivity index (χ4n) is 2.15. The highest BCUT2D eigenvalue weighted by Gasteiger charge is 2.15. The van der Waals surface area contributed by atoms with Crippen molar-refractivity contribution in [2.24, 2.45) is 0 Å². The van der Waals surface area contributed by atoms with Crippen molar-refractivity contribution in [3.05, 3.63) is 56.5 Å². The molecule has 0 aliphatic carbocycles. The second-order valence-corrected chi connectivity index (χ2v) is 7.04. The highest BCUT2D eigenvalue weighted by molar-refractivity contribution is 9.10. The molecule has 0 aromatic heterocycles. The van der Waals surface area contributed by atoms with Crippen LogP contribution in [0.15, 0.2) is 45.3 Å². The molecule has 24 heavy (non-hydrogen) atoms. The van der Waals surface area contributed by atoms with Gasteiger partial charge in [-0.15, -0.1) is 0 Å². The number of aliphatic hydroxyl groups is 1. The summed E-state index contributed by atoms with van der Waals surface area (Å²) in [6.45, 7) is 0.381. The van der Waals surface area contributed by atoms with Crippen LogP contribution in [0.3, 0.4) is 0 Å². The van der Waals surface area contributed by atoms with Crippen LogP contribution < -0.4 is 5.32 Å². The van der Waals surface area contributed by atoms with Gasteiger partial charge in [-0.25, -0.2) is 0 Å². The SMILES string of the molecule is O=C(NCCc1ccc(O)c(Br)c1)[C@@H](O)Cc1ccc(O)c(Br)c1. The fraction of sp³-hybridized carbons (Fsp3) is 0.235. The van der Waals surface area contributed by atoms with Gasteiger partial charge in [0.2, 0.25) is 5.91 Å². The highest BCUT2D eigenvalue weighted by atomic mass is 79.9. The first-order chi connectivity index (χ1) is 11.4. The molecule has 0 radical (unpaired) electrons. The molecule has 4 N–H and O–H groups in total. The second-order valence-electron chi connectivity index (χ2n) is 5.33. The maximum atomic E-state index is 11.9. The quantitative estimate of drug-likeness (QED) is 0.535. The van der Waals surface area contributed by atoms with Crippen molar-refractivity contribution in [3.63, 3.8) is 0 Å². The Morgan fingerprint density at radius 2 is 1.54 bits per heavy atom. The minimum absolute atomic E-state index is 0.109. The van der Waals surface area contributed by atoms with E-state index in [0.717, 1.165) is 11.1 Å². The van der Waals surface area contributed by atoms with Crippen molar-refractivity contribution in [2.45, 2.75) is 18.9 Å². The number of hydrogen-bond acceptors (Lipinski definition) is 4. The lowest BCUT2D eigenvalue weighted by molar-refractivity contribution is -0.129. The van der Waals surface area contributed by atoms with Crippen LogP contribution in [0.4, 0.5) is 0 Å². The van der Waals surface area contributed by atoms with Crippen molar-refractivity contribution < 1.29 is 20.1 Å². The molecule has 2 aromatic rings. The molecular weight excluding hydrogens is 442 g/mol. The lowest BCUT2D eigenvalue weighted by atomic mass is 10.1. The Bertz CT molecular complexity index is 737. The third-order valence-electron chi connectivity index (χ3n) is 3.47. The van der Waals surface area contributed by atoms with Crippen LogP contribution in [-0.2, 0) is 17.6 Å². The summed E-state index contributed by atoms with van der Waals surface area (Å²) in [5.41, 5.74) is 1.70. The number of amides is 1. The molecule has 128 valence electrons. The monoisotopic (exact) mass is 457 g/mol. The zero-order valence-corrected chi connectivity index (χ0v) is 15.8. The lowest BCUT2D eigenvalue weighted by Gasteiger charge is -2.12. The van der Waals surface area contributed by atoms with Gasteiger partial charge < -0.3 is 20.6 Å². The molecule has 2 rings (SSSR count). The van der Waals surface area contributed by atoms with Crippen LogP contribution in [0, 0.1) is 0 Å². The summed E-state index contributed by atoms with van der Waals surface area (Å²) < 4.78 is 1.12. The van der Waals surface area contributed by atoms with Crippen molar-refractivity contribution in [2.75, 3.05) is 6.54 Å². The van der Waals surface area contributed by atoms with Gasteiger partial charge in [-0.05, 0) is 73.7 Å². The van der Waals surface area contributed by atoms with Gasteiger partial charge in [0, 0.05) is 13.0 Å². The van der Waals surface area contributed by atoms with E-state index >= 15 is 0 Å². The van der Waals surface area contributed by atoms with E-state index in [4.69, 9.17) is 0 Å². The maximum absolute atomic E-state index is 11.9. The number of phenols is 2. The molecular formula is C17H17Br2NO4. The zero-order chi connectivity index (χ0) is 17.7. The van der Waals surface area contributed by atoms with Crippen LogP contribution in [0.25, 0.3) is 0 Å². The smallest absolute Gasteiger partial charge is 0.249 e. The zero-order valence-electron chi connectivity index (χ0n) is 12.7. The summed E-state index contributed by atoms with van der Waals surface area (Å²) in [7, 11) is 0. The second kappa shape index (κ2) is 8.50. The minimum atomic E-state index is -1.16. The number of rotatable bonds is 6. The summed E-state index contributed by atoms with van der Waals surface area (Å²) >= 11 is 6.44. The molecule has 7 heteroatoms. The van der Waals surface area contributed by atoms with E-state index in [9.17, 15) is 20.1 Å². The largest absolute Gasteiger partial charge is 0.507 e. The number of carbonyl (C=O) groups is 1. The Hall–Kier alpha value is -1.57. The van der Waals surface area contributed by atoms with Crippen molar-refractivity contribution >= 4 is 37.8 Å². The Balaban J connectivity index is 1.82. The number of phenolic OH excluding ortho intramolecular Hbond substituents is 2. The van der Waals surface area contributed by atoms with Crippen molar-refractivity contribution in [1.82, 2.24) is 5.32 Å².